The molecule has 0 N–H and O–H groups in total. The molecule has 0 heterocycles. The lowest BCUT2D eigenvalue weighted by atomic mass is 10.1. The van der Waals surface area contributed by atoms with Crippen molar-refractivity contribution in [3.63, 3.8) is 0 Å². The average molecular weight is 377 g/mol. The van der Waals surface area contributed by atoms with Gasteiger partial charge in [0.2, 0.25) is 8.32 Å². The molecular formula is C21H36O2Si2. The van der Waals surface area contributed by atoms with Crippen LogP contribution in [0.2, 0.25) is 38.3 Å². The maximum atomic E-state index is 6.76. The third kappa shape index (κ3) is 5.83. The molecule has 2 rings (SSSR count). The SMILES string of the molecule is CCCC[Si](C)(C)OC1=Cc2ccccc2C1O[Si](C)(C)CCCC. The maximum Gasteiger partial charge on any atom is 0.244 e. The fraction of sp³-hybridized carbons (Fsp3) is 0.619. The summed E-state index contributed by atoms with van der Waals surface area (Å²) in [5, 5.41) is 0. The van der Waals surface area contributed by atoms with Gasteiger partial charge in [0.25, 0.3) is 0 Å². The zero-order chi connectivity index (χ0) is 18.5. The topological polar surface area (TPSA) is 18.5 Å². The van der Waals surface area contributed by atoms with Crippen molar-refractivity contribution in [1.29, 1.82) is 0 Å². The van der Waals surface area contributed by atoms with E-state index in [-0.39, 0.29) is 6.10 Å². The van der Waals surface area contributed by atoms with Crippen LogP contribution in [0.5, 0.6) is 0 Å². The van der Waals surface area contributed by atoms with Crippen molar-refractivity contribution in [2.24, 2.45) is 0 Å². The lowest BCUT2D eigenvalue weighted by Gasteiger charge is -2.33. The van der Waals surface area contributed by atoms with Crippen LogP contribution in [-0.4, -0.2) is 16.6 Å². The standard InChI is InChI=1S/C21H36O2Si2/c1-7-9-15-24(3,4)22-20-17-18-13-11-12-14-19(18)21(20)23-25(5,6)16-10-8-2/h11-14,17,21H,7-10,15-16H2,1-6H3. The normalized spacial score (nSPS) is 17.4. The molecule has 0 bridgehead atoms. The first-order valence-corrected chi connectivity index (χ1v) is 16.2. The summed E-state index contributed by atoms with van der Waals surface area (Å²) in [5.74, 6) is 1.06. The Labute approximate surface area is 156 Å². The molecule has 0 spiro atoms. The second-order valence-corrected chi connectivity index (χ2v) is 17.0. The van der Waals surface area contributed by atoms with Crippen LogP contribution in [0.1, 0.15) is 56.8 Å². The van der Waals surface area contributed by atoms with E-state index in [0.717, 1.165) is 5.76 Å². The number of benzene rings is 1. The molecule has 0 saturated heterocycles. The minimum absolute atomic E-state index is 0.00289. The van der Waals surface area contributed by atoms with Gasteiger partial charge in [-0.15, -0.1) is 0 Å². The Morgan fingerprint density at radius 1 is 0.880 bits per heavy atom. The number of hydrogen-bond acceptors (Lipinski definition) is 2. The van der Waals surface area contributed by atoms with E-state index in [4.69, 9.17) is 8.85 Å². The highest BCUT2D eigenvalue weighted by atomic mass is 28.4. The smallest absolute Gasteiger partial charge is 0.244 e. The van der Waals surface area contributed by atoms with E-state index in [1.54, 1.807) is 0 Å². The minimum Gasteiger partial charge on any atom is -0.545 e. The summed E-state index contributed by atoms with van der Waals surface area (Å²) in [5.41, 5.74) is 2.55. The summed E-state index contributed by atoms with van der Waals surface area (Å²) in [6, 6.07) is 11.0. The lowest BCUT2D eigenvalue weighted by Crippen LogP contribution is -2.35. The molecular weight excluding hydrogens is 340 g/mol. The van der Waals surface area contributed by atoms with Gasteiger partial charge < -0.3 is 8.85 Å². The Hall–Kier alpha value is -0.846. The molecule has 0 aromatic heterocycles. The Kier molecular flexibility index (Phi) is 7.12. The van der Waals surface area contributed by atoms with Crippen molar-refractivity contribution in [1.82, 2.24) is 0 Å². The van der Waals surface area contributed by atoms with Crippen LogP contribution in [0.3, 0.4) is 0 Å². The van der Waals surface area contributed by atoms with E-state index in [2.05, 4.69) is 70.4 Å². The van der Waals surface area contributed by atoms with Crippen LogP contribution >= 0.6 is 0 Å². The van der Waals surface area contributed by atoms with Crippen molar-refractivity contribution in [3.05, 3.63) is 41.2 Å². The monoisotopic (exact) mass is 376 g/mol. The van der Waals surface area contributed by atoms with Gasteiger partial charge in [-0.2, -0.15) is 0 Å². The van der Waals surface area contributed by atoms with Gasteiger partial charge >= 0.3 is 0 Å². The van der Waals surface area contributed by atoms with Crippen molar-refractivity contribution in [2.75, 3.05) is 0 Å². The molecule has 2 nitrogen and oxygen atoms in total. The first kappa shape index (κ1) is 20.5. The average Bonchev–Trinajstić information content (AvgIpc) is 2.87. The van der Waals surface area contributed by atoms with Crippen molar-refractivity contribution < 1.29 is 8.85 Å². The molecule has 140 valence electrons. The lowest BCUT2D eigenvalue weighted by molar-refractivity contribution is 0.180. The molecule has 1 aliphatic carbocycles. The largest absolute Gasteiger partial charge is 0.545 e. The van der Waals surface area contributed by atoms with Crippen molar-refractivity contribution in [2.45, 2.75) is 83.9 Å². The van der Waals surface area contributed by atoms with Gasteiger partial charge in [-0.25, -0.2) is 0 Å². The molecule has 0 saturated carbocycles. The highest BCUT2D eigenvalue weighted by Crippen LogP contribution is 2.42. The molecule has 1 aromatic rings. The highest BCUT2D eigenvalue weighted by molar-refractivity contribution is 6.72. The minimum atomic E-state index is -1.71. The molecule has 1 aromatic carbocycles. The summed E-state index contributed by atoms with van der Waals surface area (Å²) in [6.07, 6.45) is 7.20. The summed E-state index contributed by atoms with van der Waals surface area (Å²) in [6.45, 7) is 13.9. The number of hydrogen-bond donors (Lipinski definition) is 0. The Bertz CT molecular complexity index is 593. The number of unbranched alkanes of at least 4 members (excludes halogenated alkanes) is 2. The highest BCUT2D eigenvalue weighted by Gasteiger charge is 2.36. The van der Waals surface area contributed by atoms with Crippen LogP contribution in [0.15, 0.2) is 30.0 Å². The van der Waals surface area contributed by atoms with Gasteiger partial charge in [-0.1, -0.05) is 63.8 Å². The zero-order valence-corrected chi connectivity index (χ0v) is 19.0. The molecule has 4 heteroatoms. The van der Waals surface area contributed by atoms with E-state index < -0.39 is 16.6 Å². The molecule has 0 fully saturated rings. The van der Waals surface area contributed by atoms with E-state index in [1.807, 2.05) is 0 Å². The molecule has 0 amide bonds. The third-order valence-corrected chi connectivity index (χ3v) is 9.71. The third-order valence-electron chi connectivity index (χ3n) is 4.93. The second kappa shape index (κ2) is 8.69. The molecule has 0 radical (unpaired) electrons. The number of fused-ring (bicyclic) bond motifs is 1. The quantitative estimate of drug-likeness (QED) is 0.404. The Balaban J connectivity index is 2.19. The summed E-state index contributed by atoms with van der Waals surface area (Å²) in [4.78, 5) is 0. The Morgan fingerprint density at radius 2 is 1.48 bits per heavy atom. The fourth-order valence-electron chi connectivity index (χ4n) is 3.42. The predicted octanol–water partition coefficient (Wildman–Crippen LogP) is 7.13. The molecule has 1 unspecified atom stereocenters. The first-order valence-electron chi connectivity index (χ1n) is 9.95. The van der Waals surface area contributed by atoms with Gasteiger partial charge in [0, 0.05) is 0 Å². The van der Waals surface area contributed by atoms with Gasteiger partial charge in [-0.05, 0) is 55.5 Å². The van der Waals surface area contributed by atoms with Crippen molar-refractivity contribution >= 4 is 22.7 Å². The van der Waals surface area contributed by atoms with E-state index in [9.17, 15) is 0 Å². The molecule has 1 atom stereocenters. The van der Waals surface area contributed by atoms with E-state index >= 15 is 0 Å². The maximum absolute atomic E-state index is 6.76. The fourth-order valence-corrected chi connectivity index (χ4v) is 7.74. The Morgan fingerprint density at radius 3 is 2.12 bits per heavy atom. The summed E-state index contributed by atoms with van der Waals surface area (Å²) < 4.78 is 13.4. The van der Waals surface area contributed by atoms with Gasteiger partial charge in [-0.3, -0.25) is 0 Å². The van der Waals surface area contributed by atoms with Crippen LogP contribution in [-0.2, 0) is 8.85 Å². The predicted molar refractivity (Wildman–Crippen MR) is 114 cm³/mol. The van der Waals surface area contributed by atoms with E-state index in [1.165, 1.54) is 48.9 Å². The first-order chi connectivity index (χ1) is 11.8. The van der Waals surface area contributed by atoms with Crippen LogP contribution in [0.25, 0.3) is 6.08 Å². The van der Waals surface area contributed by atoms with Crippen LogP contribution in [0.4, 0.5) is 0 Å². The molecule has 1 aliphatic rings. The summed E-state index contributed by atoms with van der Waals surface area (Å²) >= 11 is 0. The van der Waals surface area contributed by atoms with Crippen LogP contribution < -0.4 is 0 Å². The molecule has 25 heavy (non-hydrogen) atoms. The van der Waals surface area contributed by atoms with Gasteiger partial charge in [0.1, 0.15) is 11.9 Å². The van der Waals surface area contributed by atoms with Crippen molar-refractivity contribution in [3.8, 4) is 0 Å². The zero-order valence-electron chi connectivity index (χ0n) is 17.0. The second-order valence-electron chi connectivity index (χ2n) is 8.50. The molecule has 0 aliphatic heterocycles. The van der Waals surface area contributed by atoms with Gasteiger partial charge in [0.05, 0.1) is 0 Å². The van der Waals surface area contributed by atoms with E-state index in [0.29, 0.717) is 0 Å². The summed E-state index contributed by atoms with van der Waals surface area (Å²) in [7, 11) is -3.41. The van der Waals surface area contributed by atoms with Crippen LogP contribution in [0, 0.1) is 0 Å². The van der Waals surface area contributed by atoms with Gasteiger partial charge in [0.15, 0.2) is 8.32 Å². The number of rotatable bonds is 10.